The van der Waals surface area contributed by atoms with Crippen LogP contribution in [0.4, 0.5) is 0 Å². The Bertz CT molecular complexity index is 923. The number of carbonyl (C=O) groups excluding carboxylic acids is 1. The molecule has 1 amide bonds. The monoisotopic (exact) mass is 419 g/mol. The molecule has 30 heavy (non-hydrogen) atoms. The summed E-state index contributed by atoms with van der Waals surface area (Å²) in [6, 6.07) is 20.5. The van der Waals surface area contributed by atoms with E-state index >= 15 is 0 Å². The second-order valence-corrected chi connectivity index (χ2v) is 9.32. The van der Waals surface area contributed by atoms with Crippen molar-refractivity contribution in [1.82, 2.24) is 15.2 Å². The van der Waals surface area contributed by atoms with Gasteiger partial charge in [0.05, 0.1) is 16.2 Å². The number of hydrogen-bond donors (Lipinski definition) is 1. The van der Waals surface area contributed by atoms with Crippen LogP contribution in [-0.4, -0.2) is 28.9 Å². The molecule has 0 spiro atoms. The highest BCUT2D eigenvalue weighted by atomic mass is 32.1. The Morgan fingerprint density at radius 3 is 2.13 bits per heavy atom. The van der Waals surface area contributed by atoms with Gasteiger partial charge in [0, 0.05) is 17.8 Å². The molecule has 2 aromatic carbocycles. The van der Waals surface area contributed by atoms with Crippen LogP contribution in [-0.2, 0) is 16.9 Å². The van der Waals surface area contributed by atoms with Crippen molar-refractivity contribution in [2.75, 3.05) is 13.1 Å². The van der Waals surface area contributed by atoms with Crippen molar-refractivity contribution in [2.24, 2.45) is 5.92 Å². The lowest BCUT2D eigenvalue weighted by molar-refractivity contribution is -0.128. The van der Waals surface area contributed by atoms with Crippen LogP contribution in [0.25, 0.3) is 0 Å². The van der Waals surface area contributed by atoms with E-state index in [9.17, 15) is 4.79 Å². The molecule has 1 fully saturated rings. The third-order valence-electron chi connectivity index (χ3n) is 6.09. The third kappa shape index (κ3) is 4.63. The van der Waals surface area contributed by atoms with Crippen molar-refractivity contribution in [1.29, 1.82) is 0 Å². The number of hydrogen-bond acceptors (Lipinski definition) is 4. The van der Waals surface area contributed by atoms with E-state index in [0.29, 0.717) is 0 Å². The number of carbonyl (C=O) groups is 1. The molecule has 1 N–H and O–H groups in total. The van der Waals surface area contributed by atoms with Gasteiger partial charge in [0.15, 0.2) is 0 Å². The second-order valence-electron chi connectivity index (χ2n) is 8.25. The summed E-state index contributed by atoms with van der Waals surface area (Å²) in [6.45, 7) is 6.89. The maximum absolute atomic E-state index is 13.3. The zero-order chi connectivity index (χ0) is 21.0. The number of aryl methyl sites for hydroxylation is 1. The molecule has 0 aliphatic carbocycles. The van der Waals surface area contributed by atoms with E-state index < -0.39 is 5.54 Å². The van der Waals surface area contributed by atoms with Crippen LogP contribution in [0.1, 0.15) is 41.6 Å². The van der Waals surface area contributed by atoms with Crippen molar-refractivity contribution in [3.8, 4) is 0 Å². The second kappa shape index (κ2) is 9.11. The highest BCUT2D eigenvalue weighted by Gasteiger charge is 2.34. The van der Waals surface area contributed by atoms with E-state index in [0.717, 1.165) is 54.3 Å². The summed E-state index contributed by atoms with van der Waals surface area (Å²) >= 11 is 1.70. The van der Waals surface area contributed by atoms with Crippen molar-refractivity contribution in [2.45, 2.75) is 38.8 Å². The van der Waals surface area contributed by atoms with E-state index in [4.69, 9.17) is 0 Å². The average Bonchev–Trinajstić information content (AvgIpc) is 3.20. The zero-order valence-corrected chi connectivity index (χ0v) is 18.5. The quantitative estimate of drug-likeness (QED) is 0.627. The van der Waals surface area contributed by atoms with E-state index in [-0.39, 0.29) is 11.8 Å². The molecule has 1 aromatic heterocycles. The largest absolute Gasteiger partial charge is 0.343 e. The average molecular weight is 420 g/mol. The third-order valence-corrected chi connectivity index (χ3v) is 6.91. The molecule has 4 rings (SSSR count). The Kier molecular flexibility index (Phi) is 6.30. The van der Waals surface area contributed by atoms with Crippen LogP contribution < -0.4 is 5.32 Å². The van der Waals surface area contributed by atoms with Crippen molar-refractivity contribution in [3.63, 3.8) is 0 Å². The summed E-state index contributed by atoms with van der Waals surface area (Å²) in [5.41, 5.74) is 2.79. The SMILES string of the molecule is Cc1nc(CN2CCC(C(=O)NC(C)(c3ccccc3)c3ccccc3)CC2)cs1. The lowest BCUT2D eigenvalue weighted by atomic mass is 9.83. The molecular weight excluding hydrogens is 390 g/mol. The molecule has 0 unspecified atom stereocenters. The van der Waals surface area contributed by atoms with E-state index in [1.165, 1.54) is 0 Å². The van der Waals surface area contributed by atoms with Crippen molar-refractivity contribution < 1.29 is 4.79 Å². The lowest BCUT2D eigenvalue weighted by Crippen LogP contribution is -2.49. The Hall–Kier alpha value is -2.50. The molecular formula is C25H29N3OS. The lowest BCUT2D eigenvalue weighted by Gasteiger charge is -2.36. The van der Waals surface area contributed by atoms with E-state index in [1.54, 1.807) is 11.3 Å². The Morgan fingerprint density at radius 2 is 1.63 bits per heavy atom. The molecule has 0 radical (unpaired) electrons. The number of likely N-dealkylation sites (tertiary alicyclic amines) is 1. The topological polar surface area (TPSA) is 45.2 Å². The summed E-state index contributed by atoms with van der Waals surface area (Å²) in [5.74, 6) is 0.194. The first-order valence-corrected chi connectivity index (χ1v) is 11.5. The van der Waals surface area contributed by atoms with Gasteiger partial charge in [-0.3, -0.25) is 9.69 Å². The Morgan fingerprint density at radius 1 is 1.07 bits per heavy atom. The van der Waals surface area contributed by atoms with Gasteiger partial charge in [0.25, 0.3) is 0 Å². The van der Waals surface area contributed by atoms with Gasteiger partial charge in [-0.2, -0.15) is 0 Å². The van der Waals surface area contributed by atoms with Gasteiger partial charge in [-0.1, -0.05) is 60.7 Å². The van der Waals surface area contributed by atoms with Crippen LogP contribution in [0.5, 0.6) is 0 Å². The van der Waals surface area contributed by atoms with E-state index in [1.807, 2.05) is 43.3 Å². The fourth-order valence-corrected chi connectivity index (χ4v) is 4.87. The normalized spacial score (nSPS) is 15.8. The summed E-state index contributed by atoms with van der Waals surface area (Å²) < 4.78 is 0. The number of nitrogens with one attached hydrogen (secondary N) is 1. The molecule has 0 bridgehead atoms. The van der Waals surface area contributed by atoms with Crippen LogP contribution in [0.15, 0.2) is 66.0 Å². The summed E-state index contributed by atoms with van der Waals surface area (Å²) in [6.07, 6.45) is 1.77. The van der Waals surface area contributed by atoms with Gasteiger partial charge in [0.2, 0.25) is 5.91 Å². The van der Waals surface area contributed by atoms with Gasteiger partial charge in [-0.05, 0) is 50.9 Å². The number of rotatable bonds is 6. The maximum atomic E-state index is 13.3. The number of amides is 1. The standard InChI is InChI=1S/C25H29N3OS/c1-19-26-23(18-30-19)17-28-15-13-20(14-16-28)24(29)27-25(2,21-9-5-3-6-10-21)22-11-7-4-8-12-22/h3-12,18,20H,13-17H2,1-2H3,(H,27,29). The van der Waals surface area contributed by atoms with Crippen LogP contribution >= 0.6 is 11.3 Å². The zero-order valence-electron chi connectivity index (χ0n) is 17.7. The molecule has 0 saturated carbocycles. The van der Waals surface area contributed by atoms with Gasteiger partial charge < -0.3 is 5.32 Å². The van der Waals surface area contributed by atoms with Gasteiger partial charge in [-0.25, -0.2) is 4.98 Å². The molecule has 1 saturated heterocycles. The molecule has 2 heterocycles. The first-order valence-electron chi connectivity index (χ1n) is 10.6. The number of nitrogens with zero attached hydrogens (tertiary/aromatic N) is 2. The summed E-state index contributed by atoms with van der Waals surface area (Å²) in [7, 11) is 0. The van der Waals surface area contributed by atoms with Crippen molar-refractivity contribution in [3.05, 3.63) is 87.9 Å². The molecule has 3 aromatic rings. The highest BCUT2D eigenvalue weighted by molar-refractivity contribution is 7.09. The Balaban J connectivity index is 1.43. The first kappa shape index (κ1) is 20.8. The number of benzene rings is 2. The number of thiazole rings is 1. The van der Waals surface area contributed by atoms with Gasteiger partial charge >= 0.3 is 0 Å². The van der Waals surface area contributed by atoms with Crippen LogP contribution in [0, 0.1) is 12.8 Å². The molecule has 1 aliphatic heterocycles. The van der Waals surface area contributed by atoms with Crippen molar-refractivity contribution >= 4 is 17.2 Å². The highest BCUT2D eigenvalue weighted by Crippen LogP contribution is 2.30. The van der Waals surface area contributed by atoms with Gasteiger partial charge in [0.1, 0.15) is 0 Å². The number of aromatic nitrogens is 1. The molecule has 0 atom stereocenters. The fourth-order valence-electron chi connectivity index (χ4n) is 4.27. The molecule has 1 aliphatic rings. The minimum Gasteiger partial charge on any atom is -0.343 e. The molecule has 156 valence electrons. The maximum Gasteiger partial charge on any atom is 0.224 e. The van der Waals surface area contributed by atoms with E-state index in [2.05, 4.69) is 51.8 Å². The number of piperidine rings is 1. The predicted molar refractivity (Wildman–Crippen MR) is 122 cm³/mol. The minimum absolute atomic E-state index is 0.0465. The molecule has 4 nitrogen and oxygen atoms in total. The summed E-state index contributed by atoms with van der Waals surface area (Å²) in [5, 5.41) is 6.65. The van der Waals surface area contributed by atoms with Crippen LogP contribution in [0.2, 0.25) is 0 Å². The Labute approximate surface area is 183 Å². The smallest absolute Gasteiger partial charge is 0.224 e. The summed E-state index contributed by atoms with van der Waals surface area (Å²) in [4.78, 5) is 20.3. The van der Waals surface area contributed by atoms with Crippen LogP contribution in [0.3, 0.4) is 0 Å². The molecule has 5 heteroatoms. The first-order chi connectivity index (χ1) is 14.5. The fraction of sp³-hybridized carbons (Fsp3) is 0.360. The minimum atomic E-state index is -0.547. The van der Waals surface area contributed by atoms with Gasteiger partial charge in [-0.15, -0.1) is 11.3 Å². The predicted octanol–water partition coefficient (Wildman–Crippen LogP) is 4.74.